The first-order valence-electron chi connectivity index (χ1n) is 6.61. The highest BCUT2D eigenvalue weighted by Gasteiger charge is 2.20. The van der Waals surface area contributed by atoms with Crippen LogP contribution in [0, 0.1) is 16.0 Å². The van der Waals surface area contributed by atoms with Gasteiger partial charge in [0, 0.05) is 22.7 Å². The van der Waals surface area contributed by atoms with E-state index in [-0.39, 0.29) is 16.7 Å². The van der Waals surface area contributed by atoms with Crippen molar-refractivity contribution in [1.82, 2.24) is 5.32 Å². The summed E-state index contributed by atoms with van der Waals surface area (Å²) in [7, 11) is 0. The van der Waals surface area contributed by atoms with Gasteiger partial charge in [0.05, 0.1) is 4.92 Å². The van der Waals surface area contributed by atoms with Gasteiger partial charge in [-0.05, 0) is 37.4 Å². The van der Waals surface area contributed by atoms with Gasteiger partial charge in [-0.2, -0.15) is 0 Å². The highest BCUT2D eigenvalue weighted by atomic mass is 35.5. The molecule has 0 radical (unpaired) electrons. The molecule has 0 aliphatic rings. The lowest BCUT2D eigenvalue weighted by molar-refractivity contribution is -0.385. The summed E-state index contributed by atoms with van der Waals surface area (Å²) in [5, 5.41) is 15.0. The van der Waals surface area contributed by atoms with Crippen molar-refractivity contribution < 1.29 is 4.92 Å². The van der Waals surface area contributed by atoms with Crippen LogP contribution >= 0.6 is 11.6 Å². The normalized spacial score (nSPS) is 12.7. The van der Waals surface area contributed by atoms with Crippen molar-refractivity contribution >= 4 is 17.3 Å². The molecule has 0 spiro atoms. The minimum absolute atomic E-state index is 0.147. The first kappa shape index (κ1) is 15.9. The molecule has 0 aromatic heterocycles. The minimum atomic E-state index is -0.344. The largest absolute Gasteiger partial charge is 0.313 e. The number of halogens is 1. The zero-order valence-corrected chi connectivity index (χ0v) is 12.4. The lowest BCUT2D eigenvalue weighted by atomic mass is 9.95. The van der Waals surface area contributed by atoms with Gasteiger partial charge in [0.25, 0.3) is 5.69 Å². The predicted molar refractivity (Wildman–Crippen MR) is 78.7 cm³/mol. The molecule has 19 heavy (non-hydrogen) atoms. The zero-order valence-electron chi connectivity index (χ0n) is 11.6. The summed E-state index contributed by atoms with van der Waals surface area (Å²) in [6.07, 6.45) is 1.66. The SMILES string of the molecule is CCCNC(Cc1cc(Cl)ccc1[N+](=O)[O-])C(C)C. The van der Waals surface area contributed by atoms with Crippen LogP contribution in [-0.2, 0) is 6.42 Å². The van der Waals surface area contributed by atoms with Crippen molar-refractivity contribution in [2.75, 3.05) is 6.54 Å². The number of nitrogens with one attached hydrogen (secondary N) is 1. The summed E-state index contributed by atoms with van der Waals surface area (Å²) in [6, 6.07) is 4.96. The fourth-order valence-corrected chi connectivity index (χ4v) is 2.20. The molecule has 0 heterocycles. The fraction of sp³-hybridized carbons (Fsp3) is 0.571. The molecule has 4 nitrogen and oxygen atoms in total. The molecule has 0 aliphatic carbocycles. The molecule has 1 rings (SSSR count). The van der Waals surface area contributed by atoms with Gasteiger partial charge in [0.15, 0.2) is 0 Å². The maximum Gasteiger partial charge on any atom is 0.272 e. The Balaban J connectivity index is 2.94. The van der Waals surface area contributed by atoms with Crippen molar-refractivity contribution in [2.45, 2.75) is 39.7 Å². The minimum Gasteiger partial charge on any atom is -0.313 e. The molecule has 0 fully saturated rings. The number of nitro groups is 1. The highest BCUT2D eigenvalue weighted by molar-refractivity contribution is 6.30. The molecule has 0 bridgehead atoms. The molecule has 1 atom stereocenters. The zero-order chi connectivity index (χ0) is 14.4. The Morgan fingerprint density at radius 1 is 1.42 bits per heavy atom. The van der Waals surface area contributed by atoms with Crippen molar-refractivity contribution in [3.63, 3.8) is 0 Å². The highest BCUT2D eigenvalue weighted by Crippen LogP contribution is 2.25. The number of nitrogens with zero attached hydrogens (tertiary/aromatic N) is 1. The van der Waals surface area contributed by atoms with Gasteiger partial charge < -0.3 is 5.32 Å². The van der Waals surface area contributed by atoms with Gasteiger partial charge in [-0.25, -0.2) is 0 Å². The smallest absolute Gasteiger partial charge is 0.272 e. The van der Waals surface area contributed by atoms with Gasteiger partial charge in [0.1, 0.15) is 0 Å². The van der Waals surface area contributed by atoms with Crippen LogP contribution in [0.2, 0.25) is 5.02 Å². The quantitative estimate of drug-likeness (QED) is 0.612. The second kappa shape index (κ2) is 7.46. The summed E-state index contributed by atoms with van der Waals surface area (Å²) in [6.45, 7) is 7.25. The van der Waals surface area contributed by atoms with Crippen molar-refractivity contribution in [3.05, 3.63) is 38.9 Å². The predicted octanol–water partition coefficient (Wildman–Crippen LogP) is 3.81. The third-order valence-electron chi connectivity index (χ3n) is 3.14. The summed E-state index contributed by atoms with van der Waals surface area (Å²) >= 11 is 5.95. The van der Waals surface area contributed by atoms with E-state index in [0.29, 0.717) is 22.9 Å². The van der Waals surface area contributed by atoms with Gasteiger partial charge in [0.2, 0.25) is 0 Å². The third kappa shape index (κ3) is 4.80. The first-order chi connectivity index (χ1) is 8.95. The van der Waals surface area contributed by atoms with E-state index >= 15 is 0 Å². The molecule has 0 saturated heterocycles. The lowest BCUT2D eigenvalue weighted by Gasteiger charge is -2.22. The lowest BCUT2D eigenvalue weighted by Crippen LogP contribution is -2.36. The molecule has 106 valence electrons. The Hall–Kier alpha value is -1.13. The van der Waals surface area contributed by atoms with Crippen molar-refractivity contribution in [1.29, 1.82) is 0 Å². The standard InChI is InChI=1S/C14H21ClN2O2/c1-4-7-16-13(10(2)3)9-11-8-12(15)5-6-14(11)17(18)19/h5-6,8,10,13,16H,4,7,9H2,1-3H3. The van der Waals surface area contributed by atoms with Crippen molar-refractivity contribution in [3.8, 4) is 0 Å². The monoisotopic (exact) mass is 284 g/mol. The average molecular weight is 285 g/mol. The van der Waals surface area contributed by atoms with E-state index in [0.717, 1.165) is 13.0 Å². The Labute approximate surface area is 119 Å². The molecular weight excluding hydrogens is 264 g/mol. The number of rotatable bonds is 7. The van der Waals surface area contributed by atoms with Crippen LogP contribution in [0.3, 0.4) is 0 Å². The Bertz CT molecular complexity index is 435. The number of nitro benzene ring substituents is 1. The maximum absolute atomic E-state index is 11.0. The van der Waals surface area contributed by atoms with E-state index in [4.69, 9.17) is 11.6 Å². The number of hydrogen-bond acceptors (Lipinski definition) is 3. The Morgan fingerprint density at radius 3 is 2.63 bits per heavy atom. The van der Waals surface area contributed by atoms with E-state index in [1.165, 1.54) is 6.07 Å². The maximum atomic E-state index is 11.0. The van der Waals surface area contributed by atoms with Crippen molar-refractivity contribution in [2.24, 2.45) is 5.92 Å². The molecule has 1 unspecified atom stereocenters. The molecule has 0 amide bonds. The average Bonchev–Trinajstić information content (AvgIpc) is 2.33. The number of hydrogen-bond donors (Lipinski definition) is 1. The topological polar surface area (TPSA) is 55.2 Å². The van der Waals surface area contributed by atoms with Crippen LogP contribution in [0.15, 0.2) is 18.2 Å². The van der Waals surface area contributed by atoms with Gasteiger partial charge >= 0.3 is 0 Å². The molecular formula is C14H21ClN2O2. The van der Waals surface area contributed by atoms with E-state index in [9.17, 15) is 10.1 Å². The Kier molecular flexibility index (Phi) is 6.25. The second-order valence-electron chi connectivity index (χ2n) is 5.04. The molecule has 1 aromatic rings. The van der Waals surface area contributed by atoms with E-state index in [1.54, 1.807) is 12.1 Å². The molecule has 5 heteroatoms. The van der Waals surface area contributed by atoms with Crippen LogP contribution in [0.1, 0.15) is 32.8 Å². The van der Waals surface area contributed by atoms with Crippen LogP contribution in [0.25, 0.3) is 0 Å². The van der Waals surface area contributed by atoms with Crippen LogP contribution in [0.5, 0.6) is 0 Å². The van der Waals surface area contributed by atoms with Gasteiger partial charge in [-0.3, -0.25) is 10.1 Å². The van der Waals surface area contributed by atoms with Gasteiger partial charge in [-0.1, -0.05) is 32.4 Å². The summed E-state index contributed by atoms with van der Waals surface area (Å²) in [5.41, 5.74) is 0.841. The van der Waals surface area contributed by atoms with Gasteiger partial charge in [-0.15, -0.1) is 0 Å². The molecule has 1 aromatic carbocycles. The van der Waals surface area contributed by atoms with Crippen LogP contribution in [0.4, 0.5) is 5.69 Å². The first-order valence-corrected chi connectivity index (χ1v) is 6.99. The fourth-order valence-electron chi connectivity index (χ4n) is 2.01. The summed E-state index contributed by atoms with van der Waals surface area (Å²) < 4.78 is 0. The Morgan fingerprint density at radius 2 is 2.11 bits per heavy atom. The van der Waals surface area contributed by atoms with E-state index in [1.807, 2.05) is 0 Å². The molecule has 1 N–H and O–H groups in total. The van der Waals surface area contributed by atoms with E-state index in [2.05, 4.69) is 26.1 Å². The van der Waals surface area contributed by atoms with E-state index < -0.39 is 0 Å². The number of benzene rings is 1. The summed E-state index contributed by atoms with van der Waals surface area (Å²) in [4.78, 5) is 10.7. The molecule has 0 aliphatic heterocycles. The molecule has 0 saturated carbocycles. The third-order valence-corrected chi connectivity index (χ3v) is 3.37. The second-order valence-corrected chi connectivity index (χ2v) is 5.48. The van der Waals surface area contributed by atoms with Crippen LogP contribution in [-0.4, -0.2) is 17.5 Å². The summed E-state index contributed by atoms with van der Waals surface area (Å²) in [5.74, 6) is 0.408. The van der Waals surface area contributed by atoms with Crippen LogP contribution < -0.4 is 5.32 Å².